The lowest BCUT2D eigenvalue weighted by atomic mass is 9.98. The Morgan fingerprint density at radius 1 is 1.40 bits per heavy atom. The second-order valence-corrected chi connectivity index (χ2v) is 5.66. The quantitative estimate of drug-likeness (QED) is 0.864. The molecule has 0 spiro atoms. The minimum atomic E-state index is 0.247. The van der Waals surface area contributed by atoms with E-state index in [1.807, 2.05) is 0 Å². The third kappa shape index (κ3) is 4.05. The van der Waals surface area contributed by atoms with E-state index < -0.39 is 0 Å². The van der Waals surface area contributed by atoms with E-state index in [1.165, 1.54) is 24.1 Å². The second-order valence-electron chi connectivity index (χ2n) is 5.66. The van der Waals surface area contributed by atoms with Gasteiger partial charge in [-0.3, -0.25) is 4.90 Å². The molecule has 1 N–H and O–H groups in total. The van der Waals surface area contributed by atoms with Crippen molar-refractivity contribution in [1.82, 2.24) is 10.2 Å². The standard InChI is InChI=1S/C17H28N2O/c1-4-9-19-10-11-20-16(13-19)17(18-5-2)15-8-6-7-14(3)12-15/h6-8,12,16-18H,4-5,9-11,13H2,1-3H3. The molecule has 0 radical (unpaired) electrons. The Kier molecular flexibility index (Phi) is 6.02. The van der Waals surface area contributed by atoms with E-state index in [9.17, 15) is 0 Å². The van der Waals surface area contributed by atoms with E-state index in [0.717, 1.165) is 26.2 Å². The van der Waals surface area contributed by atoms with Gasteiger partial charge in [0.2, 0.25) is 0 Å². The molecule has 1 heterocycles. The lowest BCUT2D eigenvalue weighted by molar-refractivity contribution is -0.0468. The maximum absolute atomic E-state index is 6.06. The zero-order valence-electron chi connectivity index (χ0n) is 13.1. The number of nitrogens with zero attached hydrogens (tertiary/aromatic N) is 1. The van der Waals surface area contributed by atoms with Gasteiger partial charge in [-0.15, -0.1) is 0 Å². The summed E-state index contributed by atoms with van der Waals surface area (Å²) in [6, 6.07) is 9.07. The topological polar surface area (TPSA) is 24.5 Å². The molecule has 0 aliphatic carbocycles. The van der Waals surface area contributed by atoms with E-state index in [0.29, 0.717) is 6.04 Å². The summed E-state index contributed by atoms with van der Waals surface area (Å²) in [7, 11) is 0. The monoisotopic (exact) mass is 276 g/mol. The van der Waals surface area contributed by atoms with Crippen LogP contribution in [0.2, 0.25) is 0 Å². The van der Waals surface area contributed by atoms with Crippen LogP contribution < -0.4 is 5.32 Å². The van der Waals surface area contributed by atoms with Crippen molar-refractivity contribution in [3.63, 3.8) is 0 Å². The molecular weight excluding hydrogens is 248 g/mol. The van der Waals surface area contributed by atoms with E-state index >= 15 is 0 Å². The van der Waals surface area contributed by atoms with E-state index in [2.05, 4.69) is 55.3 Å². The summed E-state index contributed by atoms with van der Waals surface area (Å²) < 4.78 is 6.06. The Hall–Kier alpha value is -0.900. The zero-order valence-corrected chi connectivity index (χ0v) is 13.1. The van der Waals surface area contributed by atoms with Gasteiger partial charge in [0.1, 0.15) is 0 Å². The fourth-order valence-corrected chi connectivity index (χ4v) is 3.00. The zero-order chi connectivity index (χ0) is 14.4. The van der Waals surface area contributed by atoms with Crippen molar-refractivity contribution < 1.29 is 4.74 Å². The molecule has 2 unspecified atom stereocenters. The van der Waals surface area contributed by atoms with Crippen LogP contribution >= 0.6 is 0 Å². The highest BCUT2D eigenvalue weighted by atomic mass is 16.5. The molecule has 1 aliphatic rings. The second kappa shape index (κ2) is 7.77. The minimum Gasteiger partial charge on any atom is -0.374 e. The first-order valence-corrected chi connectivity index (χ1v) is 7.88. The van der Waals surface area contributed by atoms with Crippen LogP contribution in [0.1, 0.15) is 37.4 Å². The van der Waals surface area contributed by atoms with Crippen molar-refractivity contribution in [2.24, 2.45) is 0 Å². The van der Waals surface area contributed by atoms with E-state index in [4.69, 9.17) is 4.74 Å². The third-order valence-corrected chi connectivity index (χ3v) is 3.91. The molecule has 3 heteroatoms. The normalized spacial score (nSPS) is 21.9. The lowest BCUT2D eigenvalue weighted by Gasteiger charge is -2.37. The summed E-state index contributed by atoms with van der Waals surface area (Å²) in [5, 5.41) is 3.61. The number of aryl methyl sites for hydroxylation is 1. The molecule has 0 amide bonds. The molecule has 1 aromatic carbocycles. The van der Waals surface area contributed by atoms with E-state index in [-0.39, 0.29) is 6.10 Å². The number of hydrogen-bond donors (Lipinski definition) is 1. The Morgan fingerprint density at radius 3 is 2.95 bits per heavy atom. The minimum absolute atomic E-state index is 0.247. The van der Waals surface area contributed by atoms with Crippen molar-refractivity contribution in [3.8, 4) is 0 Å². The number of likely N-dealkylation sites (N-methyl/N-ethyl adjacent to an activating group) is 1. The summed E-state index contributed by atoms with van der Waals surface area (Å²) in [6.45, 7) is 11.6. The van der Waals surface area contributed by atoms with E-state index in [1.54, 1.807) is 0 Å². The molecule has 2 atom stereocenters. The molecule has 112 valence electrons. The van der Waals surface area contributed by atoms with Crippen molar-refractivity contribution in [3.05, 3.63) is 35.4 Å². The number of ether oxygens (including phenoxy) is 1. The van der Waals surface area contributed by atoms with Crippen LogP contribution in [0.3, 0.4) is 0 Å². The predicted molar refractivity (Wildman–Crippen MR) is 84.1 cm³/mol. The van der Waals surface area contributed by atoms with Crippen LogP contribution in [0.15, 0.2) is 24.3 Å². The highest BCUT2D eigenvalue weighted by molar-refractivity contribution is 5.26. The van der Waals surface area contributed by atoms with Gasteiger partial charge in [-0.25, -0.2) is 0 Å². The Labute approximate surface area is 123 Å². The van der Waals surface area contributed by atoms with Gasteiger partial charge in [0.25, 0.3) is 0 Å². The molecule has 1 saturated heterocycles. The molecule has 2 rings (SSSR count). The lowest BCUT2D eigenvalue weighted by Crippen LogP contribution is -2.48. The number of benzene rings is 1. The molecule has 1 fully saturated rings. The molecule has 1 aliphatic heterocycles. The van der Waals surface area contributed by atoms with Crippen molar-refractivity contribution >= 4 is 0 Å². The summed E-state index contributed by atoms with van der Waals surface area (Å²) in [5.41, 5.74) is 2.65. The van der Waals surface area contributed by atoms with Gasteiger partial charge < -0.3 is 10.1 Å². The van der Waals surface area contributed by atoms with Crippen LogP contribution in [0.5, 0.6) is 0 Å². The van der Waals surface area contributed by atoms with Gasteiger partial charge in [-0.05, 0) is 32.0 Å². The molecule has 20 heavy (non-hydrogen) atoms. The summed E-state index contributed by atoms with van der Waals surface area (Å²) >= 11 is 0. The molecule has 0 bridgehead atoms. The van der Waals surface area contributed by atoms with Gasteiger partial charge in [0.15, 0.2) is 0 Å². The number of rotatable bonds is 6. The Balaban J connectivity index is 2.11. The van der Waals surface area contributed by atoms with Crippen LogP contribution in [0.4, 0.5) is 0 Å². The smallest absolute Gasteiger partial charge is 0.0896 e. The highest BCUT2D eigenvalue weighted by Crippen LogP contribution is 2.23. The van der Waals surface area contributed by atoms with Gasteiger partial charge in [0.05, 0.1) is 18.8 Å². The van der Waals surface area contributed by atoms with Crippen LogP contribution in [-0.4, -0.2) is 43.8 Å². The van der Waals surface area contributed by atoms with Crippen molar-refractivity contribution in [1.29, 1.82) is 0 Å². The first kappa shape index (κ1) is 15.5. The predicted octanol–water partition coefficient (Wildman–Crippen LogP) is 2.76. The summed E-state index contributed by atoms with van der Waals surface area (Å²) in [5.74, 6) is 0. The van der Waals surface area contributed by atoms with Gasteiger partial charge in [0, 0.05) is 13.1 Å². The fraction of sp³-hybridized carbons (Fsp3) is 0.647. The average Bonchev–Trinajstić information content (AvgIpc) is 2.45. The summed E-state index contributed by atoms with van der Waals surface area (Å²) in [6.07, 6.45) is 1.46. The first-order valence-electron chi connectivity index (χ1n) is 7.88. The average molecular weight is 276 g/mol. The van der Waals surface area contributed by atoms with Gasteiger partial charge in [-0.1, -0.05) is 43.7 Å². The molecule has 1 aromatic rings. The summed E-state index contributed by atoms with van der Waals surface area (Å²) in [4.78, 5) is 2.52. The maximum atomic E-state index is 6.06. The van der Waals surface area contributed by atoms with Gasteiger partial charge >= 0.3 is 0 Å². The number of nitrogens with one attached hydrogen (secondary N) is 1. The molecule has 0 saturated carbocycles. The van der Waals surface area contributed by atoms with Crippen molar-refractivity contribution in [2.45, 2.75) is 39.3 Å². The number of hydrogen-bond acceptors (Lipinski definition) is 3. The molecule has 0 aromatic heterocycles. The fourth-order valence-electron chi connectivity index (χ4n) is 3.00. The SMILES string of the molecule is CCCN1CCOC(C(NCC)c2cccc(C)c2)C1. The largest absolute Gasteiger partial charge is 0.374 e. The molecular formula is C17H28N2O. The van der Waals surface area contributed by atoms with Crippen LogP contribution in [0.25, 0.3) is 0 Å². The van der Waals surface area contributed by atoms with Crippen molar-refractivity contribution in [2.75, 3.05) is 32.8 Å². The van der Waals surface area contributed by atoms with Crippen LogP contribution in [-0.2, 0) is 4.74 Å². The highest BCUT2D eigenvalue weighted by Gasteiger charge is 2.28. The third-order valence-electron chi connectivity index (χ3n) is 3.91. The van der Waals surface area contributed by atoms with Gasteiger partial charge in [-0.2, -0.15) is 0 Å². The maximum Gasteiger partial charge on any atom is 0.0896 e. The molecule has 3 nitrogen and oxygen atoms in total. The first-order chi connectivity index (χ1) is 9.74. The van der Waals surface area contributed by atoms with Crippen LogP contribution in [0, 0.1) is 6.92 Å². The number of morpholine rings is 1. The Bertz CT molecular complexity index is 406. The Morgan fingerprint density at radius 2 is 2.25 bits per heavy atom.